The van der Waals surface area contributed by atoms with E-state index >= 15 is 0 Å². The average Bonchev–Trinajstić information content (AvgIpc) is 2.90. The molecular formula is C16H27ClN2O. The lowest BCUT2D eigenvalue weighted by Crippen LogP contribution is -2.57. The van der Waals surface area contributed by atoms with Gasteiger partial charge in [-0.1, -0.05) is 0 Å². The van der Waals surface area contributed by atoms with Crippen molar-refractivity contribution >= 4 is 18.3 Å². The molecule has 5 aliphatic rings. The molecule has 1 heterocycles. The van der Waals surface area contributed by atoms with E-state index in [0.29, 0.717) is 11.9 Å². The molecule has 5 fully saturated rings. The monoisotopic (exact) mass is 298 g/mol. The fraction of sp³-hybridized carbons (Fsp3) is 0.938. The Hall–Kier alpha value is -0.280. The van der Waals surface area contributed by atoms with E-state index in [9.17, 15) is 4.79 Å². The van der Waals surface area contributed by atoms with Gasteiger partial charge in [-0.05, 0) is 68.7 Å². The molecule has 1 atom stereocenters. The molecule has 0 aromatic heterocycles. The van der Waals surface area contributed by atoms with Crippen LogP contribution in [0.25, 0.3) is 0 Å². The molecule has 0 aromatic carbocycles. The highest BCUT2D eigenvalue weighted by molar-refractivity contribution is 5.85. The minimum atomic E-state index is 0. The highest BCUT2D eigenvalue weighted by atomic mass is 35.5. The molecule has 0 radical (unpaired) electrons. The molecular weight excluding hydrogens is 272 g/mol. The highest BCUT2D eigenvalue weighted by Crippen LogP contribution is 2.55. The fourth-order valence-electron chi connectivity index (χ4n) is 5.83. The molecule has 1 saturated heterocycles. The molecule has 5 rings (SSSR count). The zero-order chi connectivity index (χ0) is 13.0. The molecule has 1 unspecified atom stereocenters. The first-order valence-electron chi connectivity index (χ1n) is 8.19. The van der Waals surface area contributed by atoms with Crippen molar-refractivity contribution < 1.29 is 4.79 Å². The molecule has 3 nitrogen and oxygen atoms in total. The lowest BCUT2D eigenvalue weighted by atomic mass is 9.54. The zero-order valence-corrected chi connectivity index (χ0v) is 13.2. The predicted octanol–water partition coefficient (Wildman–Crippen LogP) is 2.30. The highest BCUT2D eigenvalue weighted by Gasteiger charge is 2.50. The quantitative estimate of drug-likeness (QED) is 0.848. The Morgan fingerprint density at radius 1 is 1.05 bits per heavy atom. The molecule has 4 bridgehead atoms. The van der Waals surface area contributed by atoms with Crippen LogP contribution in [0.2, 0.25) is 0 Å². The second kappa shape index (κ2) is 5.49. The number of rotatable bonds is 2. The normalized spacial score (nSPS) is 45.2. The molecule has 1 amide bonds. The summed E-state index contributed by atoms with van der Waals surface area (Å²) in [5.41, 5.74) is 0. The van der Waals surface area contributed by atoms with Gasteiger partial charge in [-0.15, -0.1) is 12.4 Å². The Labute approximate surface area is 128 Å². The van der Waals surface area contributed by atoms with E-state index < -0.39 is 0 Å². The number of hydrogen-bond acceptors (Lipinski definition) is 2. The van der Waals surface area contributed by atoms with E-state index in [1.807, 2.05) is 0 Å². The van der Waals surface area contributed by atoms with Crippen LogP contribution in [-0.4, -0.2) is 37.0 Å². The topological polar surface area (TPSA) is 32.3 Å². The van der Waals surface area contributed by atoms with E-state index in [1.165, 1.54) is 32.1 Å². The summed E-state index contributed by atoms with van der Waals surface area (Å²) in [6.45, 7) is 1.92. The Morgan fingerprint density at radius 3 is 2.15 bits per heavy atom. The van der Waals surface area contributed by atoms with Gasteiger partial charge in [0.1, 0.15) is 0 Å². The van der Waals surface area contributed by atoms with Crippen LogP contribution in [0.3, 0.4) is 0 Å². The van der Waals surface area contributed by atoms with Crippen LogP contribution in [0.4, 0.5) is 0 Å². The summed E-state index contributed by atoms with van der Waals surface area (Å²) < 4.78 is 0. The van der Waals surface area contributed by atoms with Crippen molar-refractivity contribution in [1.82, 2.24) is 10.2 Å². The van der Waals surface area contributed by atoms with Crippen molar-refractivity contribution in [1.29, 1.82) is 0 Å². The predicted molar refractivity (Wildman–Crippen MR) is 81.8 cm³/mol. The van der Waals surface area contributed by atoms with Crippen LogP contribution >= 0.6 is 12.4 Å². The van der Waals surface area contributed by atoms with E-state index in [1.54, 1.807) is 0 Å². The molecule has 1 aliphatic heterocycles. The van der Waals surface area contributed by atoms with Crippen LogP contribution in [0.15, 0.2) is 0 Å². The maximum Gasteiger partial charge on any atom is 0.227 e. The van der Waals surface area contributed by atoms with Gasteiger partial charge in [0.2, 0.25) is 5.91 Å². The zero-order valence-electron chi connectivity index (χ0n) is 12.4. The molecule has 4 aliphatic carbocycles. The molecule has 0 aromatic rings. The first kappa shape index (κ1) is 14.6. The Kier molecular flexibility index (Phi) is 4.02. The van der Waals surface area contributed by atoms with E-state index in [2.05, 4.69) is 17.3 Å². The summed E-state index contributed by atoms with van der Waals surface area (Å²) in [5.74, 6) is 4.30. The van der Waals surface area contributed by atoms with Gasteiger partial charge in [-0.2, -0.15) is 0 Å². The lowest BCUT2D eigenvalue weighted by Gasteiger charge is -2.56. The van der Waals surface area contributed by atoms with E-state index in [0.717, 1.165) is 43.2 Å². The Bertz CT molecular complexity index is 353. The second-order valence-corrected chi connectivity index (χ2v) is 7.56. The number of carbonyl (C=O) groups is 1. The minimum absolute atomic E-state index is 0. The van der Waals surface area contributed by atoms with E-state index in [-0.39, 0.29) is 18.3 Å². The smallest absolute Gasteiger partial charge is 0.227 e. The standard InChI is InChI=1S/C16H26N2O.ClH/c1-18(16(19)12-2-3-17-9-12)15-13-5-10-4-11(7-13)8-14(15)6-10;/h10-15,17H,2-9H2,1H3;1H. The van der Waals surface area contributed by atoms with Gasteiger partial charge in [0.25, 0.3) is 0 Å². The third-order valence-electron chi connectivity index (χ3n) is 6.38. The summed E-state index contributed by atoms with van der Waals surface area (Å²) in [5, 5.41) is 3.33. The van der Waals surface area contributed by atoms with Crippen molar-refractivity contribution in [2.75, 3.05) is 20.1 Å². The number of nitrogens with zero attached hydrogens (tertiary/aromatic N) is 1. The van der Waals surface area contributed by atoms with Crippen molar-refractivity contribution in [3.8, 4) is 0 Å². The van der Waals surface area contributed by atoms with Gasteiger partial charge in [0, 0.05) is 19.6 Å². The molecule has 1 N–H and O–H groups in total. The van der Waals surface area contributed by atoms with Crippen LogP contribution in [0.1, 0.15) is 38.5 Å². The van der Waals surface area contributed by atoms with Gasteiger partial charge in [0.05, 0.1) is 5.92 Å². The summed E-state index contributed by atoms with van der Waals surface area (Å²) in [6, 6.07) is 0.570. The molecule has 0 spiro atoms. The average molecular weight is 299 g/mol. The summed E-state index contributed by atoms with van der Waals surface area (Å²) >= 11 is 0. The van der Waals surface area contributed by atoms with E-state index in [4.69, 9.17) is 0 Å². The molecule has 20 heavy (non-hydrogen) atoms. The fourth-order valence-corrected chi connectivity index (χ4v) is 5.83. The first-order chi connectivity index (χ1) is 9.22. The molecule has 114 valence electrons. The van der Waals surface area contributed by atoms with Crippen LogP contribution in [-0.2, 0) is 4.79 Å². The molecule has 4 heteroatoms. The Morgan fingerprint density at radius 2 is 1.65 bits per heavy atom. The minimum Gasteiger partial charge on any atom is -0.342 e. The molecule has 4 saturated carbocycles. The summed E-state index contributed by atoms with van der Waals surface area (Å²) in [7, 11) is 2.09. The van der Waals surface area contributed by atoms with Crippen molar-refractivity contribution in [3.63, 3.8) is 0 Å². The maximum atomic E-state index is 12.7. The third-order valence-corrected chi connectivity index (χ3v) is 6.38. The summed E-state index contributed by atoms with van der Waals surface area (Å²) in [4.78, 5) is 14.8. The van der Waals surface area contributed by atoms with Gasteiger partial charge in [-0.3, -0.25) is 4.79 Å². The summed E-state index contributed by atoms with van der Waals surface area (Å²) in [6.07, 6.45) is 8.13. The number of carbonyl (C=O) groups excluding carboxylic acids is 1. The number of hydrogen-bond donors (Lipinski definition) is 1. The van der Waals surface area contributed by atoms with Gasteiger partial charge < -0.3 is 10.2 Å². The second-order valence-electron chi connectivity index (χ2n) is 7.56. The van der Waals surface area contributed by atoms with Gasteiger partial charge in [0.15, 0.2) is 0 Å². The van der Waals surface area contributed by atoms with Gasteiger partial charge >= 0.3 is 0 Å². The van der Waals surface area contributed by atoms with Crippen LogP contribution in [0, 0.1) is 29.6 Å². The van der Waals surface area contributed by atoms with Crippen LogP contribution < -0.4 is 5.32 Å². The van der Waals surface area contributed by atoms with Crippen molar-refractivity contribution in [2.24, 2.45) is 29.6 Å². The van der Waals surface area contributed by atoms with Crippen molar-refractivity contribution in [3.05, 3.63) is 0 Å². The number of amides is 1. The third kappa shape index (κ3) is 2.27. The van der Waals surface area contributed by atoms with Crippen molar-refractivity contribution in [2.45, 2.75) is 44.6 Å². The number of halogens is 1. The van der Waals surface area contributed by atoms with Crippen LogP contribution in [0.5, 0.6) is 0 Å². The largest absolute Gasteiger partial charge is 0.342 e. The van der Waals surface area contributed by atoms with Gasteiger partial charge in [-0.25, -0.2) is 0 Å². The first-order valence-corrected chi connectivity index (χ1v) is 8.19. The lowest BCUT2D eigenvalue weighted by molar-refractivity contribution is -0.144. The number of nitrogens with one attached hydrogen (secondary N) is 1. The maximum absolute atomic E-state index is 12.7. The SMILES string of the molecule is CN(C(=O)C1CCNC1)C1C2CC3CC(C2)CC1C3.Cl. The Balaban J connectivity index is 0.00000121.